The minimum absolute atomic E-state index is 0.0919. The monoisotopic (exact) mass is 576 g/mol. The number of furan rings is 1. The summed E-state index contributed by atoms with van der Waals surface area (Å²) in [5, 5.41) is 6.40. The van der Waals surface area contributed by atoms with Crippen molar-refractivity contribution in [2.24, 2.45) is 7.05 Å². The van der Waals surface area contributed by atoms with Gasteiger partial charge in [0.05, 0.1) is 15.9 Å². The van der Waals surface area contributed by atoms with E-state index in [1.54, 1.807) is 35.4 Å². The van der Waals surface area contributed by atoms with E-state index in [1.165, 1.54) is 17.7 Å². The molecule has 4 heterocycles. The van der Waals surface area contributed by atoms with Crippen LogP contribution in [0.25, 0.3) is 32.5 Å². The van der Waals surface area contributed by atoms with Gasteiger partial charge in [-0.3, -0.25) is 4.79 Å². The van der Waals surface area contributed by atoms with Gasteiger partial charge in [-0.1, -0.05) is 11.9 Å². The number of carbonyl (C=O) groups excluding carboxylic acids is 1. The normalized spacial score (nSPS) is 15.8. The summed E-state index contributed by atoms with van der Waals surface area (Å²) >= 11 is 3.31. The molecule has 0 bridgehead atoms. The molecule has 6 rings (SSSR count). The highest BCUT2D eigenvalue weighted by molar-refractivity contribution is 7.99. The topological polar surface area (TPSA) is 53.7 Å². The van der Waals surface area contributed by atoms with Gasteiger partial charge < -0.3 is 23.5 Å². The van der Waals surface area contributed by atoms with Crippen LogP contribution in [-0.2, 0) is 13.6 Å². The summed E-state index contributed by atoms with van der Waals surface area (Å²) in [4.78, 5) is 15.7. The third-order valence-electron chi connectivity index (χ3n) is 8.04. The Morgan fingerprint density at radius 3 is 2.75 bits per heavy atom. The summed E-state index contributed by atoms with van der Waals surface area (Å²) in [5.74, 6) is 0.769. The highest BCUT2D eigenvalue weighted by Gasteiger charge is 2.30. The highest BCUT2D eigenvalue weighted by Crippen LogP contribution is 2.42. The Labute approximate surface area is 241 Å². The number of aromatic nitrogens is 1. The van der Waals surface area contributed by atoms with Crippen molar-refractivity contribution in [1.82, 2.24) is 14.8 Å². The maximum Gasteiger partial charge on any atom is 0.270 e. The van der Waals surface area contributed by atoms with Crippen LogP contribution in [0.4, 0.5) is 10.1 Å². The van der Waals surface area contributed by atoms with Crippen LogP contribution in [0.3, 0.4) is 0 Å². The summed E-state index contributed by atoms with van der Waals surface area (Å²) in [7, 11) is 5.96. The summed E-state index contributed by atoms with van der Waals surface area (Å²) < 4.78 is 25.4. The van der Waals surface area contributed by atoms with E-state index < -0.39 is 0 Å². The van der Waals surface area contributed by atoms with Gasteiger partial charge >= 0.3 is 0 Å². The maximum atomic E-state index is 13.7. The Kier molecular flexibility index (Phi) is 7.37. The number of halogens is 1. The lowest BCUT2D eigenvalue weighted by molar-refractivity contribution is 0.0698. The summed E-state index contributed by atoms with van der Waals surface area (Å²) in [6.07, 6.45) is 4.02. The first-order valence-corrected chi connectivity index (χ1v) is 15.6. The Morgan fingerprint density at radius 2 is 2.02 bits per heavy atom. The van der Waals surface area contributed by atoms with Gasteiger partial charge in [-0.2, -0.15) is 0 Å². The van der Waals surface area contributed by atoms with Gasteiger partial charge in [0.2, 0.25) is 0 Å². The van der Waals surface area contributed by atoms with Crippen molar-refractivity contribution in [1.29, 1.82) is 0 Å². The van der Waals surface area contributed by atoms with E-state index >= 15 is 0 Å². The first-order chi connectivity index (χ1) is 19.4. The number of anilines is 1. The van der Waals surface area contributed by atoms with Gasteiger partial charge in [-0.05, 0) is 73.3 Å². The smallest absolute Gasteiger partial charge is 0.270 e. The molecule has 1 N–H and O–H groups in total. The molecule has 6 nitrogen and oxygen atoms in total. The Balaban J connectivity index is 1.40. The molecule has 3 aromatic heterocycles. The quantitative estimate of drug-likeness (QED) is 0.207. The van der Waals surface area contributed by atoms with Crippen LogP contribution in [0.2, 0.25) is 0 Å². The van der Waals surface area contributed by atoms with Crippen molar-refractivity contribution >= 4 is 56.1 Å². The number of likely N-dealkylation sites (tertiary alicyclic amines) is 1. The predicted octanol–water partition coefficient (Wildman–Crippen LogP) is 7.25. The molecule has 0 radical (unpaired) electrons. The molecule has 1 fully saturated rings. The van der Waals surface area contributed by atoms with Crippen LogP contribution in [0.1, 0.15) is 40.4 Å². The predicted molar refractivity (Wildman–Crippen MR) is 165 cm³/mol. The van der Waals surface area contributed by atoms with Crippen molar-refractivity contribution in [2.75, 3.05) is 37.7 Å². The summed E-state index contributed by atoms with van der Waals surface area (Å²) in [5.41, 5.74) is 6.86. The van der Waals surface area contributed by atoms with Crippen LogP contribution in [-0.4, -0.2) is 48.8 Å². The fourth-order valence-electron chi connectivity index (χ4n) is 5.92. The van der Waals surface area contributed by atoms with E-state index in [2.05, 4.69) is 46.5 Å². The second-order valence-electron chi connectivity index (χ2n) is 10.4. The minimum atomic E-state index is -0.271. The van der Waals surface area contributed by atoms with Crippen LogP contribution >= 0.6 is 23.3 Å². The Hall–Kier alpha value is -3.27. The van der Waals surface area contributed by atoms with Crippen molar-refractivity contribution < 1.29 is 13.6 Å². The number of nitrogens with zero attached hydrogens (tertiary/aromatic N) is 3. The van der Waals surface area contributed by atoms with Gasteiger partial charge in [0.1, 0.15) is 22.9 Å². The van der Waals surface area contributed by atoms with Crippen LogP contribution in [0.15, 0.2) is 58.3 Å². The fourth-order valence-corrected chi connectivity index (χ4v) is 7.12. The lowest BCUT2D eigenvalue weighted by Crippen LogP contribution is -2.40. The van der Waals surface area contributed by atoms with Crippen molar-refractivity contribution in [3.8, 4) is 11.3 Å². The van der Waals surface area contributed by atoms with Gasteiger partial charge in [-0.15, -0.1) is 11.3 Å². The molecule has 2 aromatic carbocycles. The zero-order valence-corrected chi connectivity index (χ0v) is 24.8. The van der Waals surface area contributed by atoms with Crippen molar-refractivity contribution in [3.05, 3.63) is 76.5 Å². The molecule has 0 spiro atoms. The van der Waals surface area contributed by atoms with Gasteiger partial charge in [0.25, 0.3) is 5.91 Å². The lowest BCUT2D eigenvalue weighted by Gasteiger charge is -2.35. The Morgan fingerprint density at radius 1 is 1.23 bits per heavy atom. The molecule has 1 aliphatic heterocycles. The summed E-state index contributed by atoms with van der Waals surface area (Å²) in [6.45, 7) is 2.05. The van der Waals surface area contributed by atoms with Crippen molar-refractivity contribution in [3.63, 3.8) is 0 Å². The number of benzene rings is 2. The standard InChI is InChI=1S/C31H33FN4O2S2/c1-33-17-24-23-14-22(26(35(3)39-4)15-28(23)38-30(24)19-7-9-21(32)10-8-19)20-6-5-12-36(18-20)31(37)27-16-29-25(34(27)2)11-13-40-29/h7-11,13-16,20,33H,5-6,12,17-18H2,1-4H3. The number of piperidine rings is 1. The SMILES string of the molecule is CNCc1c(-c2ccc(F)cc2)oc2cc(N(C)SC)c(C3CCCN(C(=O)c4cc5sccc5n4C)C3)cc12. The number of hydrogen-bond acceptors (Lipinski definition) is 6. The minimum Gasteiger partial charge on any atom is -0.456 e. The number of hydrogen-bond donors (Lipinski definition) is 1. The molecular formula is C31H33FN4O2S2. The highest BCUT2D eigenvalue weighted by atomic mass is 32.2. The summed E-state index contributed by atoms with van der Waals surface area (Å²) in [6, 6.07) is 14.9. The van der Waals surface area contributed by atoms with E-state index in [-0.39, 0.29) is 17.6 Å². The molecule has 208 valence electrons. The zero-order valence-electron chi connectivity index (χ0n) is 23.2. The fraction of sp³-hybridized carbons (Fsp3) is 0.323. The molecule has 40 heavy (non-hydrogen) atoms. The molecule has 0 saturated carbocycles. The zero-order chi connectivity index (χ0) is 28.0. The number of aryl methyl sites for hydroxylation is 1. The van der Waals surface area contributed by atoms with Crippen molar-refractivity contribution in [2.45, 2.75) is 25.3 Å². The number of thiophene rings is 1. The number of rotatable bonds is 7. The van der Waals surface area contributed by atoms with Crippen LogP contribution in [0.5, 0.6) is 0 Å². The maximum absolute atomic E-state index is 13.7. The van der Waals surface area contributed by atoms with E-state index in [1.807, 2.05) is 29.6 Å². The molecule has 1 atom stereocenters. The Bertz CT molecular complexity index is 1690. The largest absolute Gasteiger partial charge is 0.456 e. The molecule has 0 aliphatic carbocycles. The first kappa shape index (κ1) is 26.9. The molecular weight excluding hydrogens is 543 g/mol. The molecule has 1 amide bonds. The number of amides is 1. The molecule has 1 saturated heterocycles. The van der Waals surface area contributed by atoms with E-state index in [4.69, 9.17) is 4.42 Å². The van der Waals surface area contributed by atoms with Crippen LogP contribution in [0, 0.1) is 5.82 Å². The number of fused-ring (bicyclic) bond motifs is 2. The van der Waals surface area contributed by atoms with E-state index in [0.29, 0.717) is 13.1 Å². The van der Waals surface area contributed by atoms with E-state index in [9.17, 15) is 9.18 Å². The van der Waals surface area contributed by atoms with E-state index in [0.717, 1.165) is 68.8 Å². The molecule has 5 aromatic rings. The average Bonchev–Trinajstić information content (AvgIpc) is 3.67. The van der Waals surface area contributed by atoms with Gasteiger partial charge in [0.15, 0.2) is 0 Å². The molecule has 1 unspecified atom stereocenters. The first-order valence-electron chi connectivity index (χ1n) is 13.5. The average molecular weight is 577 g/mol. The third-order valence-corrected chi connectivity index (χ3v) is 9.64. The molecule has 9 heteroatoms. The molecule has 1 aliphatic rings. The second kappa shape index (κ2) is 11.0. The lowest BCUT2D eigenvalue weighted by atomic mass is 9.88. The number of nitrogens with one attached hydrogen (secondary N) is 1. The van der Waals surface area contributed by atoms with Crippen LogP contribution < -0.4 is 9.62 Å². The van der Waals surface area contributed by atoms with Gasteiger partial charge in [-0.25, -0.2) is 4.39 Å². The number of carbonyl (C=O) groups is 1. The second-order valence-corrected chi connectivity index (χ2v) is 12.2. The third kappa shape index (κ3) is 4.70. The van der Waals surface area contributed by atoms with Gasteiger partial charge in [0, 0.05) is 68.5 Å².